The Morgan fingerprint density at radius 2 is 1.78 bits per heavy atom. The van der Waals surface area contributed by atoms with E-state index < -0.39 is 0 Å². The van der Waals surface area contributed by atoms with E-state index in [1.54, 1.807) is 25.3 Å². The molecule has 1 aliphatic heterocycles. The highest BCUT2D eigenvalue weighted by Gasteiger charge is 2.25. The third-order valence-corrected chi connectivity index (χ3v) is 4.99. The van der Waals surface area contributed by atoms with Gasteiger partial charge in [0, 0.05) is 38.3 Å². The Balaban J connectivity index is 1.48. The van der Waals surface area contributed by atoms with Crippen LogP contribution in [-0.4, -0.2) is 60.7 Å². The number of aromatic hydroxyl groups is 1. The van der Waals surface area contributed by atoms with Gasteiger partial charge in [-0.05, 0) is 36.8 Å². The summed E-state index contributed by atoms with van der Waals surface area (Å²) < 4.78 is 10.7. The van der Waals surface area contributed by atoms with E-state index >= 15 is 0 Å². The molecule has 0 aliphatic carbocycles. The van der Waals surface area contributed by atoms with Crippen molar-refractivity contribution in [2.75, 3.05) is 39.9 Å². The van der Waals surface area contributed by atoms with Crippen LogP contribution in [-0.2, 0) is 4.79 Å². The minimum Gasteiger partial charge on any atom is -0.508 e. The van der Waals surface area contributed by atoms with E-state index in [2.05, 4.69) is 24.0 Å². The fourth-order valence-corrected chi connectivity index (χ4v) is 3.26. The van der Waals surface area contributed by atoms with Gasteiger partial charge in [-0.15, -0.1) is 0 Å². The zero-order valence-electron chi connectivity index (χ0n) is 15.8. The number of phenols is 1. The summed E-state index contributed by atoms with van der Waals surface area (Å²) in [6, 6.07) is 14.9. The standard InChI is InChI=1S/C21H26N2O4/c1-16(17-6-8-19(26-2)9-7-17)22-10-12-23(13-11-22)21(25)15-27-20-5-3-4-18(24)14-20/h3-9,14,16,24H,10-13,15H2,1-2H3. The molecule has 2 aromatic rings. The quantitative estimate of drug-likeness (QED) is 0.847. The molecule has 2 aromatic carbocycles. The molecule has 1 N–H and O–H groups in total. The van der Waals surface area contributed by atoms with Crippen LogP contribution in [0.2, 0.25) is 0 Å². The molecule has 0 radical (unpaired) electrons. The van der Waals surface area contributed by atoms with E-state index in [0.717, 1.165) is 18.8 Å². The molecular formula is C21H26N2O4. The number of carbonyl (C=O) groups is 1. The third kappa shape index (κ3) is 4.92. The number of amides is 1. The van der Waals surface area contributed by atoms with Crippen LogP contribution in [0.15, 0.2) is 48.5 Å². The summed E-state index contributed by atoms with van der Waals surface area (Å²) in [6.07, 6.45) is 0. The summed E-state index contributed by atoms with van der Waals surface area (Å²) in [7, 11) is 1.67. The zero-order valence-corrected chi connectivity index (χ0v) is 15.8. The average molecular weight is 370 g/mol. The van der Waals surface area contributed by atoms with Crippen molar-refractivity contribution in [2.45, 2.75) is 13.0 Å². The molecule has 3 rings (SSSR count). The Morgan fingerprint density at radius 3 is 2.41 bits per heavy atom. The topological polar surface area (TPSA) is 62.2 Å². The van der Waals surface area contributed by atoms with Gasteiger partial charge in [0.25, 0.3) is 5.91 Å². The number of methoxy groups -OCH3 is 1. The Hall–Kier alpha value is -2.73. The number of ether oxygens (including phenoxy) is 2. The lowest BCUT2D eigenvalue weighted by Crippen LogP contribution is -2.50. The van der Waals surface area contributed by atoms with Crippen molar-refractivity contribution in [1.82, 2.24) is 9.80 Å². The number of phenolic OH excluding ortho intramolecular Hbond substituents is 1. The van der Waals surface area contributed by atoms with E-state index in [9.17, 15) is 9.90 Å². The van der Waals surface area contributed by atoms with Gasteiger partial charge in [-0.2, -0.15) is 0 Å². The molecule has 0 saturated carbocycles. The summed E-state index contributed by atoms with van der Waals surface area (Å²) in [5, 5.41) is 9.44. The van der Waals surface area contributed by atoms with Crippen molar-refractivity contribution >= 4 is 5.91 Å². The zero-order chi connectivity index (χ0) is 19.2. The van der Waals surface area contributed by atoms with E-state index in [0.29, 0.717) is 18.8 Å². The highest BCUT2D eigenvalue weighted by molar-refractivity contribution is 5.77. The number of nitrogens with zero attached hydrogens (tertiary/aromatic N) is 2. The summed E-state index contributed by atoms with van der Waals surface area (Å²) in [6.45, 7) is 5.18. The highest BCUT2D eigenvalue weighted by Crippen LogP contribution is 2.24. The summed E-state index contributed by atoms with van der Waals surface area (Å²) in [4.78, 5) is 16.6. The Bertz CT molecular complexity index is 755. The van der Waals surface area contributed by atoms with E-state index in [-0.39, 0.29) is 24.3 Å². The van der Waals surface area contributed by atoms with Gasteiger partial charge < -0.3 is 19.5 Å². The minimum absolute atomic E-state index is 0.0164. The van der Waals surface area contributed by atoms with Crippen molar-refractivity contribution in [3.63, 3.8) is 0 Å². The first-order chi connectivity index (χ1) is 13.1. The molecule has 1 saturated heterocycles. The average Bonchev–Trinajstić information content (AvgIpc) is 2.72. The summed E-state index contributed by atoms with van der Waals surface area (Å²) >= 11 is 0. The lowest BCUT2D eigenvalue weighted by molar-refractivity contribution is -0.135. The van der Waals surface area contributed by atoms with Crippen LogP contribution < -0.4 is 9.47 Å². The number of rotatable bonds is 6. The molecule has 1 unspecified atom stereocenters. The van der Waals surface area contributed by atoms with Crippen LogP contribution in [0.25, 0.3) is 0 Å². The molecule has 1 atom stereocenters. The van der Waals surface area contributed by atoms with Crippen molar-refractivity contribution in [3.8, 4) is 17.2 Å². The van der Waals surface area contributed by atoms with Crippen LogP contribution in [0.5, 0.6) is 17.2 Å². The molecule has 6 nitrogen and oxygen atoms in total. The van der Waals surface area contributed by atoms with Gasteiger partial charge in [-0.1, -0.05) is 18.2 Å². The normalized spacial score (nSPS) is 16.0. The van der Waals surface area contributed by atoms with Gasteiger partial charge in [0.1, 0.15) is 17.2 Å². The first kappa shape index (κ1) is 19.0. The van der Waals surface area contributed by atoms with Gasteiger partial charge in [0.15, 0.2) is 6.61 Å². The van der Waals surface area contributed by atoms with Crippen molar-refractivity contribution in [2.24, 2.45) is 0 Å². The molecule has 144 valence electrons. The van der Waals surface area contributed by atoms with Gasteiger partial charge in [0.2, 0.25) is 0 Å². The molecule has 1 aliphatic rings. The molecule has 0 spiro atoms. The van der Waals surface area contributed by atoms with Gasteiger partial charge >= 0.3 is 0 Å². The second-order valence-electron chi connectivity index (χ2n) is 6.65. The van der Waals surface area contributed by atoms with E-state index in [1.165, 1.54) is 11.6 Å². The number of hydrogen-bond acceptors (Lipinski definition) is 5. The molecule has 1 amide bonds. The number of benzene rings is 2. The van der Waals surface area contributed by atoms with Crippen molar-refractivity contribution < 1.29 is 19.4 Å². The highest BCUT2D eigenvalue weighted by atomic mass is 16.5. The predicted molar refractivity (Wildman–Crippen MR) is 103 cm³/mol. The third-order valence-electron chi connectivity index (χ3n) is 4.99. The van der Waals surface area contributed by atoms with Crippen LogP contribution in [0, 0.1) is 0 Å². The first-order valence-electron chi connectivity index (χ1n) is 9.14. The van der Waals surface area contributed by atoms with E-state index in [4.69, 9.17) is 9.47 Å². The maximum absolute atomic E-state index is 12.4. The molecule has 1 heterocycles. The predicted octanol–water partition coefficient (Wildman–Crippen LogP) is 2.69. The van der Waals surface area contributed by atoms with Gasteiger partial charge in [0.05, 0.1) is 7.11 Å². The molecular weight excluding hydrogens is 344 g/mol. The SMILES string of the molecule is COc1ccc(C(C)N2CCN(C(=O)COc3cccc(O)c3)CC2)cc1. The maximum atomic E-state index is 12.4. The molecule has 0 aromatic heterocycles. The van der Waals surface area contributed by atoms with E-state index in [1.807, 2.05) is 17.0 Å². The second kappa shape index (κ2) is 8.77. The van der Waals surface area contributed by atoms with Gasteiger partial charge in [-0.25, -0.2) is 0 Å². The minimum atomic E-state index is -0.0323. The fraction of sp³-hybridized carbons (Fsp3) is 0.381. The number of piperazine rings is 1. The lowest BCUT2D eigenvalue weighted by atomic mass is 10.1. The maximum Gasteiger partial charge on any atom is 0.260 e. The largest absolute Gasteiger partial charge is 0.508 e. The van der Waals surface area contributed by atoms with Crippen molar-refractivity contribution in [3.05, 3.63) is 54.1 Å². The Morgan fingerprint density at radius 1 is 1.07 bits per heavy atom. The van der Waals surface area contributed by atoms with Crippen molar-refractivity contribution in [1.29, 1.82) is 0 Å². The Kier molecular flexibility index (Phi) is 6.19. The summed E-state index contributed by atoms with van der Waals surface area (Å²) in [5.41, 5.74) is 1.24. The fourth-order valence-electron chi connectivity index (χ4n) is 3.26. The van der Waals surface area contributed by atoms with Crippen LogP contribution in [0.1, 0.15) is 18.5 Å². The number of hydrogen-bond donors (Lipinski definition) is 1. The second-order valence-corrected chi connectivity index (χ2v) is 6.65. The first-order valence-corrected chi connectivity index (χ1v) is 9.14. The molecule has 27 heavy (non-hydrogen) atoms. The van der Waals surface area contributed by atoms with Crippen LogP contribution >= 0.6 is 0 Å². The monoisotopic (exact) mass is 370 g/mol. The summed E-state index contributed by atoms with van der Waals surface area (Å²) in [5.74, 6) is 1.44. The molecule has 0 bridgehead atoms. The lowest BCUT2D eigenvalue weighted by Gasteiger charge is -2.38. The van der Waals surface area contributed by atoms with Crippen LogP contribution in [0.3, 0.4) is 0 Å². The number of carbonyl (C=O) groups excluding carboxylic acids is 1. The molecule has 6 heteroatoms. The van der Waals surface area contributed by atoms with Crippen LogP contribution in [0.4, 0.5) is 0 Å². The smallest absolute Gasteiger partial charge is 0.260 e. The van der Waals surface area contributed by atoms with Gasteiger partial charge in [-0.3, -0.25) is 9.69 Å². The Labute approximate surface area is 159 Å². The molecule has 1 fully saturated rings.